The average molecular weight is 461 g/mol. The van der Waals surface area contributed by atoms with Crippen LogP contribution in [0.1, 0.15) is 16.5 Å². The number of hydrogen-bond acceptors (Lipinski definition) is 7. The standard InChI is InChI=1S/C21H20N2O6S2/c1-29-15-7-9-16(10-8-15)31(27,28)23-12-14-11-17(13-5-3-2-4-6-13)30-20(14)19(24)18(23)21(25)22-26/h2-11,18-19,24,26H,12H2,1H3,(H,22,25). The zero-order chi connectivity index (χ0) is 22.2. The highest BCUT2D eigenvalue weighted by Crippen LogP contribution is 2.43. The Morgan fingerprint density at radius 3 is 2.45 bits per heavy atom. The first-order chi connectivity index (χ1) is 14.9. The Hall–Kier alpha value is -2.76. The molecule has 0 saturated carbocycles. The summed E-state index contributed by atoms with van der Waals surface area (Å²) >= 11 is 1.29. The predicted octanol–water partition coefficient (Wildman–Crippen LogP) is 2.54. The molecule has 1 aliphatic heterocycles. The number of carbonyl (C=O) groups is 1. The first-order valence-electron chi connectivity index (χ1n) is 9.32. The van der Waals surface area contributed by atoms with Crippen molar-refractivity contribution >= 4 is 27.3 Å². The molecule has 3 N–H and O–H groups in total. The predicted molar refractivity (Wildman–Crippen MR) is 114 cm³/mol. The maximum atomic E-state index is 13.4. The zero-order valence-corrected chi connectivity index (χ0v) is 18.1. The minimum Gasteiger partial charge on any atom is -0.497 e. The summed E-state index contributed by atoms with van der Waals surface area (Å²) < 4.78 is 32.7. The Morgan fingerprint density at radius 1 is 1.16 bits per heavy atom. The fourth-order valence-electron chi connectivity index (χ4n) is 3.59. The van der Waals surface area contributed by atoms with Gasteiger partial charge in [0.25, 0.3) is 5.91 Å². The number of ether oxygens (including phenoxy) is 1. The smallest absolute Gasteiger partial charge is 0.264 e. The summed E-state index contributed by atoms with van der Waals surface area (Å²) in [6.45, 7) is -0.123. The van der Waals surface area contributed by atoms with Gasteiger partial charge in [-0.15, -0.1) is 11.3 Å². The van der Waals surface area contributed by atoms with E-state index in [0.717, 1.165) is 14.7 Å². The van der Waals surface area contributed by atoms with Crippen LogP contribution in [-0.4, -0.2) is 42.1 Å². The second-order valence-electron chi connectivity index (χ2n) is 6.96. The number of aliphatic hydroxyl groups excluding tert-OH is 1. The van der Waals surface area contributed by atoms with Gasteiger partial charge in [0, 0.05) is 16.3 Å². The lowest BCUT2D eigenvalue weighted by Crippen LogP contribution is -2.53. The van der Waals surface area contributed by atoms with E-state index >= 15 is 0 Å². The normalized spacial score (nSPS) is 18.9. The number of thiophene rings is 1. The molecule has 1 amide bonds. The highest BCUT2D eigenvalue weighted by Gasteiger charge is 2.46. The molecule has 0 spiro atoms. The van der Waals surface area contributed by atoms with Gasteiger partial charge in [0.2, 0.25) is 10.0 Å². The van der Waals surface area contributed by atoms with E-state index in [2.05, 4.69) is 0 Å². The lowest BCUT2D eigenvalue weighted by molar-refractivity contribution is -0.137. The number of sulfonamides is 1. The van der Waals surface area contributed by atoms with Crippen LogP contribution < -0.4 is 10.2 Å². The van der Waals surface area contributed by atoms with Crippen molar-refractivity contribution in [2.24, 2.45) is 0 Å². The molecule has 0 radical (unpaired) electrons. The molecule has 2 atom stereocenters. The van der Waals surface area contributed by atoms with Gasteiger partial charge in [0.05, 0.1) is 12.0 Å². The number of benzene rings is 2. The molecule has 1 aromatic heterocycles. The Morgan fingerprint density at radius 2 is 1.84 bits per heavy atom. The summed E-state index contributed by atoms with van der Waals surface area (Å²) in [5, 5.41) is 20.2. The van der Waals surface area contributed by atoms with Crippen molar-refractivity contribution in [3.63, 3.8) is 0 Å². The van der Waals surface area contributed by atoms with Gasteiger partial charge in [-0.25, -0.2) is 13.9 Å². The number of amides is 1. The Bertz CT molecular complexity index is 1190. The fraction of sp³-hybridized carbons (Fsp3) is 0.190. The monoisotopic (exact) mass is 460 g/mol. The van der Waals surface area contributed by atoms with Gasteiger partial charge in [-0.3, -0.25) is 10.0 Å². The third-order valence-electron chi connectivity index (χ3n) is 5.15. The molecule has 4 rings (SSSR count). The van der Waals surface area contributed by atoms with E-state index in [0.29, 0.717) is 16.2 Å². The molecule has 3 aromatic rings. The molecular weight excluding hydrogens is 440 g/mol. The van der Waals surface area contributed by atoms with Crippen LogP contribution in [-0.2, 0) is 21.4 Å². The van der Waals surface area contributed by atoms with E-state index in [4.69, 9.17) is 4.74 Å². The maximum absolute atomic E-state index is 13.4. The quantitative estimate of drug-likeness (QED) is 0.398. The van der Waals surface area contributed by atoms with Crippen molar-refractivity contribution in [2.45, 2.75) is 23.6 Å². The van der Waals surface area contributed by atoms with Gasteiger partial charge in [-0.2, -0.15) is 4.31 Å². The number of rotatable bonds is 5. The molecule has 10 heteroatoms. The molecule has 0 bridgehead atoms. The number of methoxy groups -OCH3 is 1. The minimum atomic E-state index is -4.17. The Balaban J connectivity index is 1.78. The second kappa shape index (κ2) is 8.40. The molecule has 0 fully saturated rings. The molecule has 2 heterocycles. The topological polar surface area (TPSA) is 116 Å². The summed E-state index contributed by atoms with van der Waals surface area (Å²) in [5.41, 5.74) is 3.01. The van der Waals surface area contributed by atoms with E-state index in [1.54, 1.807) is 0 Å². The molecule has 2 unspecified atom stereocenters. The van der Waals surface area contributed by atoms with E-state index in [9.17, 15) is 23.5 Å². The van der Waals surface area contributed by atoms with Crippen molar-refractivity contribution in [2.75, 3.05) is 7.11 Å². The summed E-state index contributed by atoms with van der Waals surface area (Å²) in [4.78, 5) is 13.7. The number of fused-ring (bicyclic) bond motifs is 1. The fourth-order valence-corrected chi connectivity index (χ4v) is 6.35. The van der Waals surface area contributed by atoms with Crippen LogP contribution in [0, 0.1) is 0 Å². The second-order valence-corrected chi connectivity index (χ2v) is 9.93. The van der Waals surface area contributed by atoms with Gasteiger partial charge in [0.15, 0.2) is 0 Å². The number of carbonyl (C=O) groups excluding carboxylic acids is 1. The number of hydrogen-bond donors (Lipinski definition) is 3. The third kappa shape index (κ3) is 3.84. The van der Waals surface area contributed by atoms with Gasteiger partial charge in [-0.1, -0.05) is 30.3 Å². The minimum absolute atomic E-state index is 0.0572. The highest BCUT2D eigenvalue weighted by molar-refractivity contribution is 7.89. The zero-order valence-electron chi connectivity index (χ0n) is 16.4. The van der Waals surface area contributed by atoms with Gasteiger partial charge in [0.1, 0.15) is 17.9 Å². The Kier molecular flexibility index (Phi) is 5.82. The number of aliphatic hydroxyl groups is 1. The van der Waals surface area contributed by atoms with Crippen LogP contribution in [0.4, 0.5) is 0 Å². The van der Waals surface area contributed by atoms with Crippen LogP contribution in [0.5, 0.6) is 5.75 Å². The molecule has 0 saturated heterocycles. The summed E-state index contributed by atoms with van der Waals surface area (Å²) in [6.07, 6.45) is -1.44. The first kappa shape index (κ1) is 21.5. The maximum Gasteiger partial charge on any atom is 0.264 e. The largest absolute Gasteiger partial charge is 0.497 e. The number of nitrogens with zero attached hydrogens (tertiary/aromatic N) is 1. The summed E-state index contributed by atoms with van der Waals surface area (Å²) in [7, 11) is -2.71. The molecule has 162 valence electrons. The molecule has 8 nitrogen and oxygen atoms in total. The van der Waals surface area contributed by atoms with Crippen LogP contribution in [0.25, 0.3) is 10.4 Å². The highest BCUT2D eigenvalue weighted by atomic mass is 32.2. The lowest BCUT2D eigenvalue weighted by Gasteiger charge is -2.36. The van der Waals surface area contributed by atoms with Gasteiger partial charge < -0.3 is 9.84 Å². The van der Waals surface area contributed by atoms with Gasteiger partial charge in [-0.05, 0) is 41.5 Å². The van der Waals surface area contributed by atoms with Crippen molar-refractivity contribution in [1.29, 1.82) is 0 Å². The van der Waals surface area contributed by atoms with Crippen molar-refractivity contribution in [3.8, 4) is 16.2 Å². The van der Waals surface area contributed by atoms with E-state index in [1.165, 1.54) is 48.2 Å². The number of hydroxylamine groups is 1. The first-order valence-corrected chi connectivity index (χ1v) is 11.6. The van der Waals surface area contributed by atoms with Crippen LogP contribution in [0.2, 0.25) is 0 Å². The van der Waals surface area contributed by atoms with E-state index in [-0.39, 0.29) is 11.4 Å². The SMILES string of the molecule is COc1ccc(S(=O)(=O)N2Cc3cc(-c4ccccc4)sc3C(O)C2C(=O)NO)cc1. The molecule has 1 aliphatic rings. The average Bonchev–Trinajstić information content (AvgIpc) is 3.24. The van der Waals surface area contributed by atoms with E-state index in [1.807, 2.05) is 36.4 Å². The van der Waals surface area contributed by atoms with Crippen LogP contribution >= 0.6 is 11.3 Å². The molecule has 31 heavy (non-hydrogen) atoms. The number of nitrogens with one attached hydrogen (secondary N) is 1. The third-order valence-corrected chi connectivity index (χ3v) is 8.29. The van der Waals surface area contributed by atoms with Crippen molar-refractivity contribution < 1.29 is 28.3 Å². The van der Waals surface area contributed by atoms with Crippen molar-refractivity contribution in [3.05, 3.63) is 71.1 Å². The van der Waals surface area contributed by atoms with Crippen LogP contribution in [0.15, 0.2) is 65.6 Å². The Labute approximate surface area is 183 Å². The molecule has 2 aromatic carbocycles. The molecular formula is C21H20N2O6S2. The van der Waals surface area contributed by atoms with Gasteiger partial charge >= 0.3 is 0 Å². The van der Waals surface area contributed by atoms with E-state index < -0.39 is 28.1 Å². The summed E-state index contributed by atoms with van der Waals surface area (Å²) in [6, 6.07) is 15.5. The summed E-state index contributed by atoms with van der Waals surface area (Å²) in [5.74, 6) is -0.528. The van der Waals surface area contributed by atoms with Crippen molar-refractivity contribution in [1.82, 2.24) is 9.79 Å². The van der Waals surface area contributed by atoms with Crippen LogP contribution in [0.3, 0.4) is 0 Å². The lowest BCUT2D eigenvalue weighted by atomic mass is 10.00. The molecule has 0 aliphatic carbocycles.